The van der Waals surface area contributed by atoms with Crippen molar-refractivity contribution in [2.45, 2.75) is 26.0 Å². The van der Waals surface area contributed by atoms with Crippen LogP contribution >= 0.6 is 11.6 Å². The van der Waals surface area contributed by atoms with Gasteiger partial charge in [0.1, 0.15) is 5.75 Å². The van der Waals surface area contributed by atoms with Crippen molar-refractivity contribution in [3.05, 3.63) is 41.7 Å². The summed E-state index contributed by atoms with van der Waals surface area (Å²) in [6.45, 7) is 4.36. The van der Waals surface area contributed by atoms with Gasteiger partial charge in [0, 0.05) is 11.6 Å². The summed E-state index contributed by atoms with van der Waals surface area (Å²) in [6.07, 6.45) is 3.19. The van der Waals surface area contributed by atoms with Gasteiger partial charge < -0.3 is 10.1 Å². The van der Waals surface area contributed by atoms with Crippen LogP contribution < -0.4 is 10.1 Å². The maximum Gasteiger partial charge on any atom is 0.263 e. The molecule has 0 spiro atoms. The molecular weight excluding hydrogens is 292 g/mol. The molecule has 1 amide bonds. The highest BCUT2D eigenvalue weighted by Crippen LogP contribution is 2.20. The summed E-state index contributed by atoms with van der Waals surface area (Å²) in [5, 5.41) is 11.3. The summed E-state index contributed by atoms with van der Waals surface area (Å²) in [5.41, 5.74) is -0.981. The number of nitrogens with one attached hydrogen (secondary N) is 1. The van der Waals surface area contributed by atoms with Crippen LogP contribution in [-0.2, 0) is 11.3 Å². The van der Waals surface area contributed by atoms with Crippen molar-refractivity contribution in [2.75, 3.05) is 6.54 Å². The van der Waals surface area contributed by atoms with Crippen molar-refractivity contribution in [3.8, 4) is 5.75 Å². The number of halogens is 1. The van der Waals surface area contributed by atoms with Gasteiger partial charge in [0.2, 0.25) is 0 Å². The zero-order valence-corrected chi connectivity index (χ0v) is 12.7. The molecule has 1 N–H and O–H groups in total. The highest BCUT2D eigenvalue weighted by molar-refractivity contribution is 6.30. The minimum atomic E-state index is -0.981. The van der Waals surface area contributed by atoms with E-state index >= 15 is 0 Å². The van der Waals surface area contributed by atoms with Crippen molar-refractivity contribution < 1.29 is 9.53 Å². The number of carbonyl (C=O) groups excluding carboxylic acids is 1. The first-order chi connectivity index (χ1) is 9.97. The molecule has 1 heterocycles. The Morgan fingerprint density at radius 3 is 2.52 bits per heavy atom. The predicted octanol–water partition coefficient (Wildman–Crippen LogP) is 1.91. The van der Waals surface area contributed by atoms with Crippen LogP contribution in [0.1, 0.15) is 13.8 Å². The minimum absolute atomic E-state index is 0.204. The van der Waals surface area contributed by atoms with Gasteiger partial charge in [0.25, 0.3) is 5.91 Å². The number of carbonyl (C=O) groups is 1. The molecule has 0 aliphatic heterocycles. The highest BCUT2D eigenvalue weighted by Gasteiger charge is 2.29. The Kier molecular flexibility index (Phi) is 4.80. The molecule has 0 saturated carbocycles. The van der Waals surface area contributed by atoms with Gasteiger partial charge >= 0.3 is 0 Å². The number of hydrogen-bond acceptors (Lipinski definition) is 4. The molecule has 112 valence electrons. The molecule has 0 atom stereocenters. The average molecular weight is 309 g/mol. The Bertz CT molecular complexity index is 582. The Balaban J connectivity index is 1.85. The summed E-state index contributed by atoms with van der Waals surface area (Å²) in [5.74, 6) is 0.387. The third-order valence-electron chi connectivity index (χ3n) is 2.80. The second-order valence-corrected chi connectivity index (χ2v) is 5.38. The Morgan fingerprint density at radius 2 is 1.90 bits per heavy atom. The van der Waals surface area contributed by atoms with Gasteiger partial charge in [-0.2, -0.15) is 15.0 Å². The largest absolute Gasteiger partial charge is 0.478 e. The third kappa shape index (κ3) is 4.46. The molecule has 0 saturated heterocycles. The molecule has 7 heteroatoms. The van der Waals surface area contributed by atoms with Crippen LogP contribution in [-0.4, -0.2) is 33.0 Å². The first kappa shape index (κ1) is 15.3. The van der Waals surface area contributed by atoms with E-state index < -0.39 is 5.60 Å². The smallest absolute Gasteiger partial charge is 0.263 e. The van der Waals surface area contributed by atoms with E-state index in [1.54, 1.807) is 50.5 Å². The minimum Gasteiger partial charge on any atom is -0.478 e. The van der Waals surface area contributed by atoms with Crippen LogP contribution in [0.3, 0.4) is 0 Å². The van der Waals surface area contributed by atoms with Gasteiger partial charge in [0.15, 0.2) is 5.60 Å². The molecular formula is C14H17ClN4O2. The van der Waals surface area contributed by atoms with Crippen LogP contribution in [0.25, 0.3) is 0 Å². The SMILES string of the molecule is CC(C)(Oc1ccc(Cl)cc1)C(=O)NCCn1nccn1. The van der Waals surface area contributed by atoms with E-state index in [-0.39, 0.29) is 5.91 Å². The average Bonchev–Trinajstić information content (AvgIpc) is 2.94. The molecule has 1 aromatic heterocycles. The number of rotatable bonds is 6. The summed E-state index contributed by atoms with van der Waals surface area (Å²) in [4.78, 5) is 13.7. The van der Waals surface area contributed by atoms with Crippen molar-refractivity contribution in [1.82, 2.24) is 20.3 Å². The monoisotopic (exact) mass is 308 g/mol. The van der Waals surface area contributed by atoms with E-state index in [1.807, 2.05) is 0 Å². The molecule has 0 radical (unpaired) electrons. The molecule has 0 unspecified atom stereocenters. The van der Waals surface area contributed by atoms with E-state index in [4.69, 9.17) is 16.3 Å². The third-order valence-corrected chi connectivity index (χ3v) is 3.05. The number of ether oxygens (including phenoxy) is 1. The first-order valence-corrected chi connectivity index (χ1v) is 6.92. The zero-order valence-electron chi connectivity index (χ0n) is 11.9. The fraction of sp³-hybridized carbons (Fsp3) is 0.357. The van der Waals surface area contributed by atoms with Crippen LogP contribution in [0, 0.1) is 0 Å². The first-order valence-electron chi connectivity index (χ1n) is 6.54. The lowest BCUT2D eigenvalue weighted by molar-refractivity contribution is -0.134. The Hall–Kier alpha value is -2.08. The molecule has 0 fully saturated rings. The Morgan fingerprint density at radius 1 is 1.29 bits per heavy atom. The topological polar surface area (TPSA) is 69.0 Å². The second-order valence-electron chi connectivity index (χ2n) is 4.95. The molecule has 2 rings (SSSR count). The lowest BCUT2D eigenvalue weighted by Gasteiger charge is -2.25. The molecule has 0 aliphatic carbocycles. The maximum absolute atomic E-state index is 12.2. The molecule has 6 nitrogen and oxygen atoms in total. The summed E-state index contributed by atoms with van der Waals surface area (Å²) >= 11 is 5.81. The molecule has 1 aromatic carbocycles. The number of hydrogen-bond donors (Lipinski definition) is 1. The normalized spacial score (nSPS) is 11.2. The molecule has 0 aliphatic rings. The van der Waals surface area contributed by atoms with Gasteiger partial charge in [-0.1, -0.05) is 11.6 Å². The van der Waals surface area contributed by atoms with E-state index in [0.29, 0.717) is 23.9 Å². The van der Waals surface area contributed by atoms with Crippen molar-refractivity contribution in [1.29, 1.82) is 0 Å². The van der Waals surface area contributed by atoms with Crippen molar-refractivity contribution in [2.24, 2.45) is 0 Å². The van der Waals surface area contributed by atoms with Crippen molar-refractivity contribution >= 4 is 17.5 Å². The van der Waals surface area contributed by atoms with E-state index in [1.165, 1.54) is 4.80 Å². The van der Waals surface area contributed by atoms with Gasteiger partial charge in [-0.3, -0.25) is 4.79 Å². The summed E-state index contributed by atoms with van der Waals surface area (Å²) in [7, 11) is 0. The van der Waals surface area contributed by atoms with E-state index in [2.05, 4.69) is 15.5 Å². The van der Waals surface area contributed by atoms with Gasteiger partial charge in [-0.25, -0.2) is 0 Å². The summed E-state index contributed by atoms with van der Waals surface area (Å²) in [6, 6.07) is 6.89. The Labute approximate surface area is 128 Å². The molecule has 2 aromatic rings. The van der Waals surface area contributed by atoms with E-state index in [0.717, 1.165) is 0 Å². The molecule has 21 heavy (non-hydrogen) atoms. The fourth-order valence-corrected chi connectivity index (χ4v) is 1.81. The summed E-state index contributed by atoms with van der Waals surface area (Å²) < 4.78 is 5.70. The van der Waals surface area contributed by atoms with E-state index in [9.17, 15) is 4.79 Å². The van der Waals surface area contributed by atoms with Crippen molar-refractivity contribution in [3.63, 3.8) is 0 Å². The maximum atomic E-state index is 12.2. The van der Waals surface area contributed by atoms with Crippen LogP contribution in [0.2, 0.25) is 5.02 Å². The van der Waals surface area contributed by atoms with Gasteiger partial charge in [0.05, 0.1) is 18.9 Å². The lowest BCUT2D eigenvalue weighted by atomic mass is 10.1. The number of aromatic nitrogens is 3. The number of benzene rings is 1. The number of nitrogens with zero attached hydrogens (tertiary/aromatic N) is 3. The lowest BCUT2D eigenvalue weighted by Crippen LogP contribution is -2.47. The molecule has 0 bridgehead atoms. The van der Waals surface area contributed by atoms with Crippen LogP contribution in [0.15, 0.2) is 36.7 Å². The second kappa shape index (κ2) is 6.58. The van der Waals surface area contributed by atoms with Crippen LogP contribution in [0.5, 0.6) is 5.75 Å². The van der Waals surface area contributed by atoms with Gasteiger partial charge in [-0.05, 0) is 38.1 Å². The standard InChI is InChI=1S/C14H17ClN4O2/c1-14(2,21-12-5-3-11(15)4-6-12)13(20)16-9-10-19-17-7-8-18-19/h3-8H,9-10H2,1-2H3,(H,16,20). The zero-order chi connectivity index (χ0) is 15.3. The fourth-order valence-electron chi connectivity index (χ4n) is 1.68. The quantitative estimate of drug-likeness (QED) is 0.885. The highest BCUT2D eigenvalue weighted by atomic mass is 35.5. The van der Waals surface area contributed by atoms with Gasteiger partial charge in [-0.15, -0.1) is 0 Å². The van der Waals surface area contributed by atoms with Crippen LogP contribution in [0.4, 0.5) is 0 Å². The number of amides is 1. The predicted molar refractivity (Wildman–Crippen MR) is 79.2 cm³/mol.